The number of nitrogens with zero attached hydrogens (tertiary/aromatic N) is 2. The quantitative estimate of drug-likeness (QED) is 0.815. The summed E-state index contributed by atoms with van der Waals surface area (Å²) in [6.07, 6.45) is 2.41. The molecular formula is C17H19FN4O3. The van der Waals surface area contributed by atoms with Gasteiger partial charge in [0, 0.05) is 17.4 Å². The summed E-state index contributed by atoms with van der Waals surface area (Å²) in [5, 5.41) is 13.8. The number of methoxy groups -OCH3 is 1. The van der Waals surface area contributed by atoms with Crippen LogP contribution in [0, 0.1) is 5.82 Å². The highest BCUT2D eigenvalue weighted by Gasteiger charge is 2.27. The van der Waals surface area contributed by atoms with Crippen LogP contribution in [0.5, 0.6) is 5.75 Å². The highest BCUT2D eigenvalue weighted by atomic mass is 19.1. The Morgan fingerprint density at radius 2 is 2.28 bits per heavy atom. The summed E-state index contributed by atoms with van der Waals surface area (Å²) < 4.78 is 18.7. The number of H-pyrrole nitrogens is 1. The fourth-order valence-electron chi connectivity index (χ4n) is 2.76. The van der Waals surface area contributed by atoms with Crippen LogP contribution in [-0.4, -0.2) is 35.5 Å². The number of halogens is 1. The van der Waals surface area contributed by atoms with Crippen molar-refractivity contribution in [2.45, 2.75) is 26.2 Å². The van der Waals surface area contributed by atoms with Crippen LogP contribution >= 0.6 is 0 Å². The lowest BCUT2D eigenvalue weighted by molar-refractivity contribution is 0.102. The molecule has 1 aliphatic rings. The minimum Gasteiger partial charge on any atom is -0.494 e. The molecule has 0 saturated carbocycles. The van der Waals surface area contributed by atoms with Crippen LogP contribution in [0.4, 0.5) is 10.1 Å². The number of rotatable bonds is 5. The molecule has 1 aliphatic carbocycles. The number of hydrogen-bond acceptors (Lipinski definition) is 5. The van der Waals surface area contributed by atoms with E-state index in [1.807, 2.05) is 6.92 Å². The first-order valence-corrected chi connectivity index (χ1v) is 8.05. The van der Waals surface area contributed by atoms with Gasteiger partial charge in [0.1, 0.15) is 6.61 Å². The van der Waals surface area contributed by atoms with Crippen molar-refractivity contribution in [3.05, 3.63) is 41.0 Å². The van der Waals surface area contributed by atoms with Crippen LogP contribution in [0.3, 0.4) is 0 Å². The Morgan fingerprint density at radius 1 is 1.44 bits per heavy atom. The number of anilines is 1. The van der Waals surface area contributed by atoms with Gasteiger partial charge in [0.2, 0.25) is 0 Å². The van der Waals surface area contributed by atoms with Gasteiger partial charge in [0.25, 0.3) is 5.91 Å². The van der Waals surface area contributed by atoms with Crippen LogP contribution in [0.15, 0.2) is 23.4 Å². The number of nitrogens with one attached hydrogen (secondary N) is 2. The fourth-order valence-corrected chi connectivity index (χ4v) is 2.76. The zero-order valence-electron chi connectivity index (χ0n) is 14.1. The van der Waals surface area contributed by atoms with Crippen molar-refractivity contribution in [2.75, 3.05) is 19.0 Å². The van der Waals surface area contributed by atoms with Crippen molar-refractivity contribution in [3.63, 3.8) is 0 Å². The Hall–Kier alpha value is -2.90. The molecule has 3 rings (SSSR count). The molecule has 0 atom stereocenters. The molecule has 0 spiro atoms. The second-order valence-electron chi connectivity index (χ2n) is 5.54. The molecule has 0 radical (unpaired) electrons. The molecule has 8 heteroatoms. The Balaban J connectivity index is 1.86. The molecule has 1 aromatic heterocycles. The van der Waals surface area contributed by atoms with E-state index in [1.165, 1.54) is 19.2 Å². The topological polar surface area (TPSA) is 88.6 Å². The van der Waals surface area contributed by atoms with Crippen molar-refractivity contribution in [2.24, 2.45) is 5.16 Å². The third-order valence-corrected chi connectivity index (χ3v) is 3.90. The molecule has 1 heterocycles. The van der Waals surface area contributed by atoms with Crippen molar-refractivity contribution < 1.29 is 18.8 Å². The molecule has 0 fully saturated rings. The van der Waals surface area contributed by atoms with Gasteiger partial charge < -0.3 is 14.9 Å². The second-order valence-corrected chi connectivity index (χ2v) is 5.54. The zero-order valence-corrected chi connectivity index (χ0v) is 14.1. The van der Waals surface area contributed by atoms with Gasteiger partial charge in [0.15, 0.2) is 17.3 Å². The SMILES string of the molecule is CCON=C1CCCc2[nH]nc(C(=O)Nc3ccc(OC)c(F)c3)c21. The molecule has 25 heavy (non-hydrogen) atoms. The molecule has 1 amide bonds. The predicted octanol–water partition coefficient (Wildman–Crippen LogP) is 2.89. The van der Waals surface area contributed by atoms with Crippen molar-refractivity contribution >= 4 is 17.3 Å². The number of carbonyl (C=O) groups excluding carboxylic acids is 1. The van der Waals surface area contributed by atoms with E-state index in [9.17, 15) is 9.18 Å². The number of aryl methyl sites for hydroxylation is 1. The van der Waals surface area contributed by atoms with Gasteiger partial charge in [-0.3, -0.25) is 9.89 Å². The van der Waals surface area contributed by atoms with Gasteiger partial charge >= 0.3 is 0 Å². The number of hydrogen-bond donors (Lipinski definition) is 2. The fraction of sp³-hybridized carbons (Fsp3) is 0.353. The predicted molar refractivity (Wildman–Crippen MR) is 90.6 cm³/mol. The standard InChI is InChI=1S/C17H19FN4O3/c1-3-25-22-13-6-4-5-12-15(13)16(21-20-12)17(23)19-10-7-8-14(24-2)11(18)9-10/h7-9H,3-6H2,1-2H3,(H,19,23)(H,20,21). The average Bonchev–Trinajstić information content (AvgIpc) is 3.05. The summed E-state index contributed by atoms with van der Waals surface area (Å²) >= 11 is 0. The van der Waals surface area contributed by atoms with Crippen LogP contribution in [0.2, 0.25) is 0 Å². The Labute approximate surface area is 144 Å². The van der Waals surface area contributed by atoms with E-state index in [4.69, 9.17) is 9.57 Å². The highest BCUT2D eigenvalue weighted by molar-refractivity contribution is 6.14. The third kappa shape index (κ3) is 3.47. The zero-order chi connectivity index (χ0) is 17.8. The van der Waals surface area contributed by atoms with Crippen LogP contribution in [-0.2, 0) is 11.3 Å². The Morgan fingerprint density at radius 3 is 3.00 bits per heavy atom. The van der Waals surface area contributed by atoms with E-state index in [1.54, 1.807) is 6.07 Å². The van der Waals surface area contributed by atoms with E-state index in [-0.39, 0.29) is 11.4 Å². The van der Waals surface area contributed by atoms with E-state index >= 15 is 0 Å². The molecule has 1 aromatic carbocycles. The van der Waals surface area contributed by atoms with Gasteiger partial charge in [0.05, 0.1) is 18.4 Å². The number of oxime groups is 1. The lowest BCUT2D eigenvalue weighted by Crippen LogP contribution is -2.19. The first-order valence-electron chi connectivity index (χ1n) is 8.05. The van der Waals surface area contributed by atoms with Gasteiger partial charge in [-0.25, -0.2) is 4.39 Å². The Kier molecular flexibility index (Phi) is 4.97. The van der Waals surface area contributed by atoms with Gasteiger partial charge in [-0.15, -0.1) is 0 Å². The average molecular weight is 346 g/mol. The molecule has 132 valence electrons. The van der Waals surface area contributed by atoms with Crippen molar-refractivity contribution in [1.82, 2.24) is 10.2 Å². The number of ether oxygens (including phenoxy) is 1. The molecule has 0 saturated heterocycles. The van der Waals surface area contributed by atoms with Crippen LogP contribution in [0.1, 0.15) is 41.5 Å². The van der Waals surface area contributed by atoms with Crippen molar-refractivity contribution in [3.8, 4) is 5.75 Å². The minimum atomic E-state index is -0.553. The molecule has 0 unspecified atom stereocenters. The highest BCUT2D eigenvalue weighted by Crippen LogP contribution is 2.25. The number of carbonyl (C=O) groups is 1. The molecule has 0 aliphatic heterocycles. The second kappa shape index (κ2) is 7.33. The third-order valence-electron chi connectivity index (χ3n) is 3.90. The Bertz CT molecular complexity index is 816. The lowest BCUT2D eigenvalue weighted by atomic mass is 9.93. The molecule has 2 aromatic rings. The normalized spacial score (nSPS) is 14.9. The molecule has 7 nitrogen and oxygen atoms in total. The van der Waals surface area contributed by atoms with Crippen LogP contribution < -0.4 is 10.1 Å². The maximum Gasteiger partial charge on any atom is 0.276 e. The van der Waals surface area contributed by atoms with E-state index in [0.717, 1.165) is 18.5 Å². The number of aromatic nitrogens is 2. The maximum atomic E-state index is 13.8. The van der Waals surface area contributed by atoms with E-state index in [0.29, 0.717) is 30.0 Å². The molecule has 2 N–H and O–H groups in total. The van der Waals surface area contributed by atoms with Gasteiger partial charge in [-0.05, 0) is 38.3 Å². The van der Waals surface area contributed by atoms with E-state index in [2.05, 4.69) is 20.7 Å². The number of benzene rings is 1. The van der Waals surface area contributed by atoms with E-state index < -0.39 is 11.7 Å². The van der Waals surface area contributed by atoms with Gasteiger partial charge in [-0.1, -0.05) is 5.16 Å². The molecule has 0 bridgehead atoms. The number of amides is 1. The summed E-state index contributed by atoms with van der Waals surface area (Å²) in [5.74, 6) is -0.877. The van der Waals surface area contributed by atoms with Gasteiger partial charge in [-0.2, -0.15) is 5.10 Å². The monoisotopic (exact) mass is 346 g/mol. The maximum absolute atomic E-state index is 13.8. The first-order chi connectivity index (χ1) is 12.1. The summed E-state index contributed by atoms with van der Waals surface area (Å²) in [6, 6.07) is 4.21. The molecular weight excluding hydrogens is 327 g/mol. The van der Waals surface area contributed by atoms with Crippen molar-refractivity contribution in [1.29, 1.82) is 0 Å². The number of aromatic amines is 1. The number of fused-ring (bicyclic) bond motifs is 1. The smallest absolute Gasteiger partial charge is 0.276 e. The summed E-state index contributed by atoms with van der Waals surface area (Å²) in [6.45, 7) is 2.29. The summed E-state index contributed by atoms with van der Waals surface area (Å²) in [5.41, 5.74) is 2.77. The first kappa shape index (κ1) is 16.9. The summed E-state index contributed by atoms with van der Waals surface area (Å²) in [4.78, 5) is 17.7. The lowest BCUT2D eigenvalue weighted by Gasteiger charge is -2.14. The summed E-state index contributed by atoms with van der Waals surface area (Å²) in [7, 11) is 1.38. The minimum absolute atomic E-state index is 0.112. The largest absolute Gasteiger partial charge is 0.494 e. The van der Waals surface area contributed by atoms with Crippen LogP contribution in [0.25, 0.3) is 0 Å².